The van der Waals surface area contributed by atoms with E-state index in [2.05, 4.69) is 16.7 Å². The average molecular weight is 199 g/mol. The lowest BCUT2D eigenvalue weighted by atomic mass is 10.1. The van der Waals surface area contributed by atoms with E-state index in [0.29, 0.717) is 0 Å². The summed E-state index contributed by atoms with van der Waals surface area (Å²) >= 11 is 0. The first-order chi connectivity index (χ1) is 7.18. The summed E-state index contributed by atoms with van der Waals surface area (Å²) in [5.74, 6) is 0. The Labute approximate surface area is 89.1 Å². The van der Waals surface area contributed by atoms with Gasteiger partial charge in [-0.3, -0.25) is 9.67 Å². The first-order valence-corrected chi connectivity index (χ1v) is 4.79. The molecule has 0 aliphatic carbocycles. The first-order valence-electron chi connectivity index (χ1n) is 4.79. The second-order valence-corrected chi connectivity index (χ2v) is 3.56. The number of hydrogen-bond donors (Lipinski definition) is 0. The zero-order chi connectivity index (χ0) is 10.8. The molecule has 2 aromatic heterocycles. The van der Waals surface area contributed by atoms with Gasteiger partial charge in [0.15, 0.2) is 0 Å². The molecule has 0 aliphatic heterocycles. The van der Waals surface area contributed by atoms with E-state index in [1.54, 1.807) is 6.20 Å². The molecule has 0 bridgehead atoms. The summed E-state index contributed by atoms with van der Waals surface area (Å²) in [6, 6.07) is 5.93. The minimum Gasteiger partial charge on any atom is -0.268 e. The van der Waals surface area contributed by atoms with Crippen LogP contribution in [0.2, 0.25) is 0 Å². The van der Waals surface area contributed by atoms with E-state index >= 15 is 0 Å². The normalized spacial score (nSPS) is 10.3. The molecule has 0 saturated carbocycles. The molecule has 0 atom stereocenters. The molecule has 3 nitrogen and oxygen atoms in total. The van der Waals surface area contributed by atoms with Crippen molar-refractivity contribution in [2.45, 2.75) is 6.92 Å². The van der Waals surface area contributed by atoms with Crippen LogP contribution in [0.3, 0.4) is 0 Å². The Hall–Kier alpha value is -1.90. The van der Waals surface area contributed by atoms with Gasteiger partial charge in [-0.25, -0.2) is 0 Å². The number of hydrogen-bond acceptors (Lipinski definition) is 2. The number of pyridine rings is 1. The predicted molar refractivity (Wildman–Crippen MR) is 61.1 cm³/mol. The van der Waals surface area contributed by atoms with Gasteiger partial charge in [-0.2, -0.15) is 5.10 Å². The summed E-state index contributed by atoms with van der Waals surface area (Å²) < 4.78 is 1.84. The number of allylic oxidation sites excluding steroid dienone is 1. The van der Waals surface area contributed by atoms with Crippen LogP contribution >= 0.6 is 0 Å². The van der Waals surface area contributed by atoms with Crippen molar-refractivity contribution in [3.8, 4) is 11.3 Å². The van der Waals surface area contributed by atoms with Crippen LogP contribution in [0.15, 0.2) is 37.2 Å². The van der Waals surface area contributed by atoms with E-state index in [1.807, 2.05) is 43.0 Å². The molecule has 15 heavy (non-hydrogen) atoms. The summed E-state index contributed by atoms with van der Waals surface area (Å²) in [6.07, 6.45) is 3.57. The highest BCUT2D eigenvalue weighted by atomic mass is 15.3. The number of aryl methyl sites for hydroxylation is 1. The van der Waals surface area contributed by atoms with Gasteiger partial charge in [0, 0.05) is 25.0 Å². The van der Waals surface area contributed by atoms with Crippen molar-refractivity contribution in [3.63, 3.8) is 0 Å². The summed E-state index contributed by atoms with van der Waals surface area (Å²) in [5, 5.41) is 4.42. The summed E-state index contributed by atoms with van der Waals surface area (Å²) in [4.78, 5) is 4.07. The van der Waals surface area contributed by atoms with Gasteiger partial charge in [0.25, 0.3) is 0 Å². The number of aromatic nitrogens is 3. The Kier molecular flexibility index (Phi) is 2.37. The number of nitrogens with zero attached hydrogens (tertiary/aromatic N) is 3. The van der Waals surface area contributed by atoms with Crippen LogP contribution in [0.4, 0.5) is 0 Å². The Morgan fingerprint density at radius 1 is 1.47 bits per heavy atom. The third-order valence-corrected chi connectivity index (χ3v) is 2.27. The maximum absolute atomic E-state index is 4.42. The van der Waals surface area contributed by atoms with Crippen molar-refractivity contribution in [1.29, 1.82) is 0 Å². The van der Waals surface area contributed by atoms with Crippen molar-refractivity contribution >= 4 is 5.57 Å². The van der Waals surface area contributed by atoms with Crippen molar-refractivity contribution in [3.05, 3.63) is 42.9 Å². The quantitative estimate of drug-likeness (QED) is 0.744. The van der Waals surface area contributed by atoms with Crippen LogP contribution in [-0.4, -0.2) is 14.8 Å². The van der Waals surface area contributed by atoms with E-state index in [0.717, 1.165) is 22.5 Å². The summed E-state index contributed by atoms with van der Waals surface area (Å²) in [5.41, 5.74) is 4.03. The first kappa shape index (κ1) is 9.65. The Morgan fingerprint density at radius 2 is 2.27 bits per heavy atom. The van der Waals surface area contributed by atoms with Crippen LogP contribution < -0.4 is 0 Å². The summed E-state index contributed by atoms with van der Waals surface area (Å²) in [7, 11) is 1.92. The molecule has 0 amide bonds. The van der Waals surface area contributed by atoms with Crippen molar-refractivity contribution in [1.82, 2.24) is 14.8 Å². The smallest absolute Gasteiger partial charge is 0.0944 e. The Bertz CT molecular complexity index is 483. The fourth-order valence-electron chi connectivity index (χ4n) is 1.52. The SMILES string of the molecule is C=C(C)c1cc(-c2cccnc2)nn1C. The largest absolute Gasteiger partial charge is 0.268 e. The molecule has 76 valence electrons. The van der Waals surface area contributed by atoms with Crippen LogP contribution in [0.1, 0.15) is 12.6 Å². The molecular weight excluding hydrogens is 186 g/mol. The third kappa shape index (κ3) is 1.81. The molecule has 3 heteroatoms. The predicted octanol–water partition coefficient (Wildman–Crippen LogP) is 2.52. The van der Waals surface area contributed by atoms with Gasteiger partial charge in [-0.1, -0.05) is 6.58 Å². The van der Waals surface area contributed by atoms with Gasteiger partial charge < -0.3 is 0 Å². The van der Waals surface area contributed by atoms with Gasteiger partial charge >= 0.3 is 0 Å². The standard InChI is InChI=1S/C12H13N3/c1-9(2)12-7-11(14-15(12)3)10-5-4-6-13-8-10/h4-8H,1H2,2-3H3. The van der Waals surface area contributed by atoms with Crippen molar-refractivity contribution in [2.75, 3.05) is 0 Å². The van der Waals surface area contributed by atoms with Gasteiger partial charge in [-0.15, -0.1) is 0 Å². The number of rotatable bonds is 2. The molecule has 0 radical (unpaired) electrons. The van der Waals surface area contributed by atoms with Crippen LogP contribution in [-0.2, 0) is 7.05 Å². The maximum Gasteiger partial charge on any atom is 0.0944 e. The van der Waals surface area contributed by atoms with Crippen LogP contribution in [0.25, 0.3) is 16.8 Å². The Balaban J connectivity index is 2.48. The zero-order valence-corrected chi connectivity index (χ0v) is 8.94. The lowest BCUT2D eigenvalue weighted by molar-refractivity contribution is 0.759. The van der Waals surface area contributed by atoms with Gasteiger partial charge in [-0.05, 0) is 30.7 Å². The fourth-order valence-corrected chi connectivity index (χ4v) is 1.52. The monoisotopic (exact) mass is 199 g/mol. The fraction of sp³-hybridized carbons (Fsp3) is 0.167. The van der Waals surface area contributed by atoms with Gasteiger partial charge in [0.1, 0.15) is 0 Å². The lowest BCUT2D eigenvalue weighted by Crippen LogP contribution is -1.94. The van der Waals surface area contributed by atoms with E-state index in [1.165, 1.54) is 0 Å². The molecular formula is C12H13N3. The molecule has 0 unspecified atom stereocenters. The highest BCUT2D eigenvalue weighted by molar-refractivity contribution is 5.66. The van der Waals surface area contributed by atoms with E-state index in [9.17, 15) is 0 Å². The average Bonchev–Trinajstić information content (AvgIpc) is 2.62. The zero-order valence-electron chi connectivity index (χ0n) is 8.94. The highest BCUT2D eigenvalue weighted by Crippen LogP contribution is 2.20. The summed E-state index contributed by atoms with van der Waals surface area (Å²) in [6.45, 7) is 5.89. The molecule has 0 fully saturated rings. The molecule has 0 saturated heterocycles. The topological polar surface area (TPSA) is 30.7 Å². The molecule has 0 aromatic carbocycles. The van der Waals surface area contributed by atoms with Gasteiger partial charge in [0.2, 0.25) is 0 Å². The van der Waals surface area contributed by atoms with Crippen LogP contribution in [0, 0.1) is 0 Å². The molecule has 0 spiro atoms. The minimum atomic E-state index is 0.934. The molecule has 2 aromatic rings. The highest BCUT2D eigenvalue weighted by Gasteiger charge is 2.06. The van der Waals surface area contributed by atoms with E-state index in [-0.39, 0.29) is 0 Å². The maximum atomic E-state index is 4.42. The van der Waals surface area contributed by atoms with Crippen LogP contribution in [0.5, 0.6) is 0 Å². The van der Waals surface area contributed by atoms with Crippen molar-refractivity contribution in [2.24, 2.45) is 7.05 Å². The molecule has 0 aliphatic rings. The third-order valence-electron chi connectivity index (χ3n) is 2.27. The van der Waals surface area contributed by atoms with Crippen molar-refractivity contribution < 1.29 is 0 Å². The van der Waals surface area contributed by atoms with E-state index < -0.39 is 0 Å². The molecule has 0 N–H and O–H groups in total. The molecule has 2 rings (SSSR count). The Morgan fingerprint density at radius 3 is 2.80 bits per heavy atom. The second kappa shape index (κ2) is 3.69. The van der Waals surface area contributed by atoms with Gasteiger partial charge in [0.05, 0.1) is 11.4 Å². The molecule has 2 heterocycles. The minimum absolute atomic E-state index is 0.934. The second-order valence-electron chi connectivity index (χ2n) is 3.56. The lowest BCUT2D eigenvalue weighted by Gasteiger charge is -1.96. The van der Waals surface area contributed by atoms with E-state index in [4.69, 9.17) is 0 Å².